The predicted molar refractivity (Wildman–Crippen MR) is 107 cm³/mol. The summed E-state index contributed by atoms with van der Waals surface area (Å²) < 4.78 is 16.9. The van der Waals surface area contributed by atoms with Gasteiger partial charge in [-0.25, -0.2) is 9.59 Å². The quantitative estimate of drug-likeness (QED) is 0.250. The molecule has 5 nitrogen and oxygen atoms in total. The maximum absolute atomic E-state index is 12.2. The van der Waals surface area contributed by atoms with Crippen LogP contribution in [0.3, 0.4) is 0 Å². The van der Waals surface area contributed by atoms with Crippen LogP contribution in [-0.4, -0.2) is 12.6 Å². The van der Waals surface area contributed by atoms with Crippen LogP contribution >= 0.6 is 15.9 Å². The Morgan fingerprint density at radius 2 is 2.00 bits per heavy atom. The molecule has 3 rings (SSSR count). The molecule has 138 valence electrons. The minimum Gasteiger partial charge on any atom is -0.493 e. The minimum atomic E-state index is -0.549. The second-order valence-electron chi connectivity index (χ2n) is 5.78. The molecule has 0 spiro atoms. The third-order valence-corrected chi connectivity index (χ3v) is 4.31. The zero-order valence-corrected chi connectivity index (χ0v) is 16.4. The monoisotopic (exact) mass is 428 g/mol. The highest BCUT2D eigenvalue weighted by Gasteiger charge is 2.07. The van der Waals surface area contributed by atoms with Crippen LogP contribution in [0.2, 0.25) is 0 Å². The summed E-state index contributed by atoms with van der Waals surface area (Å²) in [5.41, 5.74) is 1.49. The summed E-state index contributed by atoms with van der Waals surface area (Å²) in [7, 11) is 0. The molecule has 0 atom stereocenters. The minimum absolute atomic E-state index is 0.296. The second kappa shape index (κ2) is 8.22. The molecule has 6 heteroatoms. The van der Waals surface area contributed by atoms with Gasteiger partial charge in [-0.3, -0.25) is 0 Å². The van der Waals surface area contributed by atoms with Crippen molar-refractivity contribution in [1.29, 1.82) is 0 Å². The van der Waals surface area contributed by atoms with Gasteiger partial charge in [0.25, 0.3) is 0 Å². The Morgan fingerprint density at radius 3 is 2.78 bits per heavy atom. The van der Waals surface area contributed by atoms with E-state index in [-0.39, 0.29) is 0 Å². The molecule has 0 saturated carbocycles. The molecule has 27 heavy (non-hydrogen) atoms. The number of hydrogen-bond acceptors (Lipinski definition) is 5. The van der Waals surface area contributed by atoms with E-state index in [4.69, 9.17) is 13.9 Å². The fourth-order valence-electron chi connectivity index (χ4n) is 2.61. The van der Waals surface area contributed by atoms with Gasteiger partial charge in [-0.15, -0.1) is 0 Å². The molecule has 1 heterocycles. The van der Waals surface area contributed by atoms with Crippen molar-refractivity contribution in [3.63, 3.8) is 0 Å². The van der Waals surface area contributed by atoms with Crippen LogP contribution in [0.1, 0.15) is 18.1 Å². The molecule has 0 unspecified atom stereocenters. The summed E-state index contributed by atoms with van der Waals surface area (Å²) >= 11 is 3.40. The number of fused-ring (bicyclic) bond motifs is 1. The van der Waals surface area contributed by atoms with Crippen molar-refractivity contribution >= 4 is 38.9 Å². The number of hydrogen-bond donors (Lipinski definition) is 0. The lowest BCUT2D eigenvalue weighted by Gasteiger charge is -2.07. The third kappa shape index (κ3) is 4.65. The fraction of sp³-hybridized carbons (Fsp3) is 0.143. The second-order valence-corrected chi connectivity index (χ2v) is 6.69. The topological polar surface area (TPSA) is 65.7 Å². The van der Waals surface area contributed by atoms with Crippen LogP contribution in [0, 0.1) is 6.92 Å². The lowest BCUT2D eigenvalue weighted by Crippen LogP contribution is -2.04. The Kier molecular flexibility index (Phi) is 5.76. The summed E-state index contributed by atoms with van der Waals surface area (Å²) in [5.74, 6) is 0.421. The highest BCUT2D eigenvalue weighted by atomic mass is 79.9. The lowest BCUT2D eigenvalue weighted by molar-refractivity contribution is -0.128. The Labute approximate surface area is 164 Å². The summed E-state index contributed by atoms with van der Waals surface area (Å²) in [6.45, 7) is 4.24. The maximum Gasteiger partial charge on any atom is 0.336 e. The van der Waals surface area contributed by atoms with Gasteiger partial charge in [-0.2, -0.15) is 0 Å². The first-order valence-corrected chi connectivity index (χ1v) is 9.12. The van der Waals surface area contributed by atoms with E-state index in [1.54, 1.807) is 18.2 Å². The Morgan fingerprint density at radius 1 is 1.19 bits per heavy atom. The van der Waals surface area contributed by atoms with E-state index in [9.17, 15) is 9.59 Å². The van der Waals surface area contributed by atoms with Crippen LogP contribution in [0.4, 0.5) is 0 Å². The molecule has 0 radical (unpaired) electrons. The lowest BCUT2D eigenvalue weighted by atomic mass is 10.1. The van der Waals surface area contributed by atoms with Crippen LogP contribution < -0.4 is 15.1 Å². The molecular formula is C21H17BrO5. The number of esters is 1. The average Bonchev–Trinajstić information content (AvgIpc) is 2.61. The molecule has 0 aliphatic heterocycles. The molecule has 1 aromatic heterocycles. The molecule has 0 aliphatic rings. The average molecular weight is 429 g/mol. The van der Waals surface area contributed by atoms with Crippen LogP contribution in [0.25, 0.3) is 17.0 Å². The number of rotatable bonds is 5. The van der Waals surface area contributed by atoms with Crippen LogP contribution in [0.15, 0.2) is 62.2 Å². The number of carbonyl (C=O) groups is 1. The van der Waals surface area contributed by atoms with Crippen molar-refractivity contribution in [3.8, 4) is 11.5 Å². The van der Waals surface area contributed by atoms with Gasteiger partial charge in [0.15, 0.2) is 0 Å². The van der Waals surface area contributed by atoms with Gasteiger partial charge in [0.2, 0.25) is 0 Å². The normalized spacial score (nSPS) is 11.1. The number of halogens is 1. The van der Waals surface area contributed by atoms with Gasteiger partial charge < -0.3 is 13.9 Å². The summed E-state index contributed by atoms with van der Waals surface area (Å²) in [5, 5.41) is 0.792. The number of aryl methyl sites for hydroxylation is 1. The van der Waals surface area contributed by atoms with E-state index in [1.165, 1.54) is 18.2 Å². The molecule has 0 bridgehead atoms. The van der Waals surface area contributed by atoms with E-state index in [2.05, 4.69) is 15.9 Å². The first-order valence-electron chi connectivity index (χ1n) is 8.33. The van der Waals surface area contributed by atoms with E-state index in [0.29, 0.717) is 23.7 Å². The number of carbonyl (C=O) groups excluding carboxylic acids is 1. The summed E-state index contributed by atoms with van der Waals surface area (Å²) in [6.07, 6.45) is 2.95. The SMILES string of the molecule is CCOc1ccc(Br)cc1/C=C/C(=O)Oc1ccc2c(C)cc(=O)oc2c1. The van der Waals surface area contributed by atoms with Crippen molar-refractivity contribution in [3.05, 3.63) is 74.6 Å². The van der Waals surface area contributed by atoms with E-state index in [1.807, 2.05) is 32.0 Å². The standard InChI is InChI=1S/C21H17BrO5/c1-3-25-18-8-5-15(22)11-14(18)4-9-20(23)26-16-6-7-17-13(2)10-21(24)27-19(17)12-16/h4-12H,3H2,1-2H3/b9-4+. The largest absolute Gasteiger partial charge is 0.493 e. The molecular weight excluding hydrogens is 412 g/mol. The summed E-state index contributed by atoms with van der Waals surface area (Å²) in [4.78, 5) is 23.7. The zero-order valence-electron chi connectivity index (χ0n) is 14.8. The molecule has 0 aliphatic carbocycles. The third-order valence-electron chi connectivity index (χ3n) is 3.81. The Balaban J connectivity index is 1.80. The maximum atomic E-state index is 12.2. The van der Waals surface area contributed by atoms with E-state index >= 15 is 0 Å². The number of benzene rings is 2. The van der Waals surface area contributed by atoms with Crippen molar-refractivity contribution in [2.24, 2.45) is 0 Å². The van der Waals surface area contributed by atoms with Crippen molar-refractivity contribution in [2.45, 2.75) is 13.8 Å². The van der Waals surface area contributed by atoms with Crippen molar-refractivity contribution in [1.82, 2.24) is 0 Å². The predicted octanol–water partition coefficient (Wildman–Crippen LogP) is 4.88. The Bertz CT molecular complexity index is 1080. The molecule has 0 N–H and O–H groups in total. The molecule has 0 amide bonds. The molecule has 2 aromatic carbocycles. The van der Waals surface area contributed by atoms with Gasteiger partial charge in [0.05, 0.1) is 6.61 Å². The molecule has 0 saturated heterocycles. The van der Waals surface area contributed by atoms with E-state index < -0.39 is 11.6 Å². The van der Waals surface area contributed by atoms with Gasteiger partial charge in [0, 0.05) is 33.6 Å². The molecule has 3 aromatic rings. The van der Waals surface area contributed by atoms with Crippen LogP contribution in [0.5, 0.6) is 11.5 Å². The first kappa shape index (κ1) is 18.9. The van der Waals surface area contributed by atoms with Gasteiger partial charge in [0.1, 0.15) is 17.1 Å². The van der Waals surface area contributed by atoms with Gasteiger partial charge in [-0.05, 0) is 55.8 Å². The highest BCUT2D eigenvalue weighted by Crippen LogP contribution is 2.25. The Hall–Kier alpha value is -2.86. The van der Waals surface area contributed by atoms with E-state index in [0.717, 1.165) is 21.0 Å². The first-order chi connectivity index (χ1) is 13.0. The van der Waals surface area contributed by atoms with Gasteiger partial charge in [-0.1, -0.05) is 15.9 Å². The summed E-state index contributed by atoms with van der Waals surface area (Å²) in [6, 6.07) is 11.9. The van der Waals surface area contributed by atoms with Crippen molar-refractivity contribution in [2.75, 3.05) is 6.61 Å². The van der Waals surface area contributed by atoms with Crippen LogP contribution in [-0.2, 0) is 4.79 Å². The molecule has 0 fully saturated rings. The fourth-order valence-corrected chi connectivity index (χ4v) is 2.99. The number of ether oxygens (including phenoxy) is 2. The zero-order chi connectivity index (χ0) is 19.4. The highest BCUT2D eigenvalue weighted by molar-refractivity contribution is 9.10. The van der Waals surface area contributed by atoms with Crippen molar-refractivity contribution < 1.29 is 18.7 Å². The van der Waals surface area contributed by atoms with Gasteiger partial charge >= 0.3 is 11.6 Å². The smallest absolute Gasteiger partial charge is 0.336 e.